The van der Waals surface area contributed by atoms with Crippen LogP contribution in [0, 0.1) is 0 Å². The first-order valence-corrected chi connectivity index (χ1v) is 20.4. The van der Waals surface area contributed by atoms with Crippen molar-refractivity contribution in [2.45, 2.75) is 193 Å². The molecule has 9 nitrogen and oxygen atoms in total. The van der Waals surface area contributed by atoms with Gasteiger partial charge >= 0.3 is 11.9 Å². The van der Waals surface area contributed by atoms with Gasteiger partial charge in [0.1, 0.15) is 12.1 Å². The summed E-state index contributed by atoms with van der Waals surface area (Å²) >= 11 is 0. The van der Waals surface area contributed by atoms with Crippen molar-refractivity contribution in [2.75, 3.05) is 13.2 Å². The van der Waals surface area contributed by atoms with Crippen LogP contribution >= 0.6 is 0 Å². The van der Waals surface area contributed by atoms with Crippen LogP contribution < -0.4 is 10.6 Å². The third-order valence-corrected chi connectivity index (χ3v) is 8.84. The predicted molar refractivity (Wildman–Crippen MR) is 208 cm³/mol. The molecule has 0 aromatic rings. The van der Waals surface area contributed by atoms with Crippen molar-refractivity contribution >= 4 is 23.8 Å². The topological polar surface area (TPSA) is 142 Å². The molecule has 0 aliphatic carbocycles. The zero-order valence-corrected chi connectivity index (χ0v) is 32.4. The van der Waals surface area contributed by atoms with E-state index in [4.69, 9.17) is 14.9 Å². The summed E-state index contributed by atoms with van der Waals surface area (Å²) in [7, 11) is 0. The van der Waals surface area contributed by atoms with Crippen molar-refractivity contribution in [3.8, 4) is 0 Å². The molecule has 0 rings (SSSR count). The van der Waals surface area contributed by atoms with E-state index in [1.807, 2.05) is 0 Å². The van der Waals surface area contributed by atoms with Gasteiger partial charge in [0.25, 0.3) is 0 Å². The minimum atomic E-state index is -1.38. The standard InChI is InChI=1S/C42H74N2O7/c1-3-5-7-9-11-13-14-15-16-18-20-26-30-34-41(48)51-37(31-27-23-19-17-12-10-8-6-4-2)32-28-24-21-22-25-29-33-39(46)43-35-40(47)44-38(36-45)42(49)50/h13-14,17,19,27,31,37-38,45H,3-12,15-16,18,20-26,28-30,32-36H2,1-2H3,(H,43,46)(H,44,47)(H,49,50)/b14-13-,19-17-,31-27-. The van der Waals surface area contributed by atoms with E-state index in [0.29, 0.717) is 19.3 Å². The highest BCUT2D eigenvalue weighted by molar-refractivity contribution is 5.87. The van der Waals surface area contributed by atoms with Crippen LogP contribution in [0.2, 0.25) is 0 Å². The molecule has 2 atom stereocenters. The average Bonchev–Trinajstić information content (AvgIpc) is 3.11. The summed E-state index contributed by atoms with van der Waals surface area (Å²) in [6.45, 7) is 3.43. The maximum absolute atomic E-state index is 12.7. The van der Waals surface area contributed by atoms with Gasteiger partial charge in [0.2, 0.25) is 11.8 Å². The van der Waals surface area contributed by atoms with E-state index < -0.39 is 24.5 Å². The molecule has 0 heterocycles. The number of aliphatic carboxylic acids is 1. The van der Waals surface area contributed by atoms with E-state index in [1.165, 1.54) is 70.6 Å². The second-order valence-electron chi connectivity index (χ2n) is 13.7. The van der Waals surface area contributed by atoms with Crippen molar-refractivity contribution in [2.24, 2.45) is 0 Å². The van der Waals surface area contributed by atoms with E-state index >= 15 is 0 Å². The van der Waals surface area contributed by atoms with E-state index in [1.54, 1.807) is 0 Å². The minimum Gasteiger partial charge on any atom is -0.480 e. The third-order valence-electron chi connectivity index (χ3n) is 8.84. The smallest absolute Gasteiger partial charge is 0.328 e. The minimum absolute atomic E-state index is 0.104. The number of amides is 2. The van der Waals surface area contributed by atoms with Gasteiger partial charge in [0, 0.05) is 12.8 Å². The number of nitrogens with one attached hydrogen (secondary N) is 2. The van der Waals surface area contributed by atoms with Crippen LogP contribution in [0.1, 0.15) is 181 Å². The fraction of sp³-hybridized carbons (Fsp3) is 0.762. The number of carboxylic acid groups (broad SMARTS) is 1. The first-order valence-electron chi connectivity index (χ1n) is 20.4. The fourth-order valence-corrected chi connectivity index (χ4v) is 5.66. The van der Waals surface area contributed by atoms with Crippen molar-refractivity contribution in [3.63, 3.8) is 0 Å². The van der Waals surface area contributed by atoms with Gasteiger partial charge in [-0.25, -0.2) is 4.79 Å². The lowest BCUT2D eigenvalue weighted by Crippen LogP contribution is -2.47. The molecule has 0 spiro atoms. The Bertz CT molecular complexity index is 963. The number of ether oxygens (including phenoxy) is 1. The van der Waals surface area contributed by atoms with Crippen molar-refractivity contribution in [3.05, 3.63) is 36.5 Å². The number of aliphatic hydroxyl groups excluding tert-OH is 1. The number of carbonyl (C=O) groups is 4. The van der Waals surface area contributed by atoms with E-state index in [0.717, 1.165) is 77.0 Å². The summed E-state index contributed by atoms with van der Waals surface area (Å²) < 4.78 is 5.91. The van der Waals surface area contributed by atoms with Gasteiger partial charge in [-0.05, 0) is 76.7 Å². The van der Waals surface area contributed by atoms with Crippen LogP contribution in [0.25, 0.3) is 0 Å². The Balaban J connectivity index is 4.33. The van der Waals surface area contributed by atoms with Gasteiger partial charge in [-0.3, -0.25) is 14.4 Å². The molecule has 9 heteroatoms. The first kappa shape index (κ1) is 48.1. The number of carboxylic acids is 1. The van der Waals surface area contributed by atoms with Gasteiger partial charge in [0.15, 0.2) is 0 Å². The first-order chi connectivity index (χ1) is 24.8. The molecular formula is C42H74N2O7. The Kier molecular flexibility index (Phi) is 34.7. The molecular weight excluding hydrogens is 644 g/mol. The SMILES string of the molecule is CCCCCC/C=C\C/C=C\C(CCCCCCCCC(=O)NCC(=O)NC(CO)C(=O)O)OC(=O)CCCCCCC/C=C\CCCCCC. The third kappa shape index (κ3) is 33.9. The van der Waals surface area contributed by atoms with Crippen LogP contribution in [-0.4, -0.2) is 59.3 Å². The molecule has 294 valence electrons. The van der Waals surface area contributed by atoms with E-state index in [-0.39, 0.29) is 24.5 Å². The average molecular weight is 719 g/mol. The summed E-state index contributed by atoms with van der Waals surface area (Å²) in [5, 5.41) is 22.5. The van der Waals surface area contributed by atoms with Gasteiger partial charge in [-0.15, -0.1) is 0 Å². The molecule has 0 radical (unpaired) electrons. The molecule has 0 aromatic heterocycles. The van der Waals surface area contributed by atoms with Gasteiger partial charge in [-0.1, -0.05) is 128 Å². The number of esters is 1. The van der Waals surface area contributed by atoms with Crippen LogP contribution in [0.5, 0.6) is 0 Å². The summed E-state index contributed by atoms with van der Waals surface area (Å²) in [4.78, 5) is 47.3. The van der Waals surface area contributed by atoms with Crippen molar-refractivity contribution < 1.29 is 34.1 Å². The van der Waals surface area contributed by atoms with E-state index in [2.05, 4.69) is 60.9 Å². The molecule has 0 bridgehead atoms. The number of carbonyl (C=O) groups excluding carboxylic acids is 3. The molecule has 2 amide bonds. The quantitative estimate of drug-likeness (QED) is 0.0287. The molecule has 51 heavy (non-hydrogen) atoms. The summed E-state index contributed by atoms with van der Waals surface area (Å²) in [5.74, 6) is -2.36. The van der Waals surface area contributed by atoms with Gasteiger partial charge in [-0.2, -0.15) is 0 Å². The zero-order chi connectivity index (χ0) is 37.6. The highest BCUT2D eigenvalue weighted by Gasteiger charge is 2.18. The molecule has 0 saturated carbocycles. The van der Waals surface area contributed by atoms with Crippen LogP contribution in [0.15, 0.2) is 36.5 Å². The summed E-state index contributed by atoms with van der Waals surface area (Å²) in [6, 6.07) is -1.38. The summed E-state index contributed by atoms with van der Waals surface area (Å²) in [5.41, 5.74) is 0. The van der Waals surface area contributed by atoms with Crippen LogP contribution in [-0.2, 0) is 23.9 Å². The van der Waals surface area contributed by atoms with Gasteiger partial charge < -0.3 is 25.6 Å². The predicted octanol–water partition coefficient (Wildman–Crippen LogP) is 9.43. The summed E-state index contributed by atoms with van der Waals surface area (Å²) in [6.07, 6.45) is 40.4. The lowest BCUT2D eigenvalue weighted by atomic mass is 10.1. The lowest BCUT2D eigenvalue weighted by molar-refractivity contribution is -0.147. The number of allylic oxidation sites excluding steroid dienone is 5. The molecule has 2 unspecified atom stereocenters. The Morgan fingerprint density at radius 1 is 0.608 bits per heavy atom. The van der Waals surface area contributed by atoms with E-state index in [9.17, 15) is 19.2 Å². The second-order valence-corrected chi connectivity index (χ2v) is 13.7. The molecule has 4 N–H and O–H groups in total. The zero-order valence-electron chi connectivity index (χ0n) is 32.4. The molecule has 0 fully saturated rings. The number of hydrogen-bond donors (Lipinski definition) is 4. The number of hydrogen-bond acceptors (Lipinski definition) is 6. The Hall–Kier alpha value is -2.94. The largest absolute Gasteiger partial charge is 0.480 e. The second kappa shape index (κ2) is 36.8. The number of aliphatic hydroxyl groups is 1. The van der Waals surface area contributed by atoms with Crippen molar-refractivity contribution in [1.82, 2.24) is 10.6 Å². The number of unbranched alkanes of at least 4 members (excludes halogenated alkanes) is 18. The van der Waals surface area contributed by atoms with Gasteiger partial charge in [0.05, 0.1) is 13.2 Å². The normalized spacial score (nSPS) is 12.8. The molecule has 0 aliphatic heterocycles. The van der Waals surface area contributed by atoms with Crippen molar-refractivity contribution in [1.29, 1.82) is 0 Å². The van der Waals surface area contributed by atoms with Crippen LogP contribution in [0.3, 0.4) is 0 Å². The Labute approximate surface area is 310 Å². The highest BCUT2D eigenvalue weighted by Crippen LogP contribution is 2.15. The lowest BCUT2D eigenvalue weighted by Gasteiger charge is -2.15. The molecule has 0 saturated heterocycles. The number of rotatable bonds is 36. The fourth-order valence-electron chi connectivity index (χ4n) is 5.66. The monoisotopic (exact) mass is 719 g/mol. The molecule has 0 aromatic carbocycles. The maximum atomic E-state index is 12.7. The highest BCUT2D eigenvalue weighted by atomic mass is 16.5. The molecule has 0 aliphatic rings. The Morgan fingerprint density at radius 3 is 1.69 bits per heavy atom. The maximum Gasteiger partial charge on any atom is 0.328 e. The Morgan fingerprint density at radius 2 is 1.12 bits per heavy atom. The van der Waals surface area contributed by atoms with Crippen LogP contribution in [0.4, 0.5) is 0 Å².